The summed E-state index contributed by atoms with van der Waals surface area (Å²) < 4.78 is 11.5. The van der Waals surface area contributed by atoms with Gasteiger partial charge in [0.1, 0.15) is 18.9 Å². The molecule has 1 fully saturated rings. The predicted molar refractivity (Wildman–Crippen MR) is 89.9 cm³/mol. The number of nitrogens with zero attached hydrogens (tertiary/aromatic N) is 1. The maximum atomic E-state index is 11.7. The highest BCUT2D eigenvalue weighted by Crippen LogP contribution is 2.27. The summed E-state index contributed by atoms with van der Waals surface area (Å²) in [5, 5.41) is 9.84. The first-order valence-electron chi connectivity index (χ1n) is 8.17. The lowest BCUT2D eigenvalue weighted by molar-refractivity contribution is -0.147. The van der Waals surface area contributed by atoms with Gasteiger partial charge >= 0.3 is 11.7 Å². The van der Waals surface area contributed by atoms with Crippen molar-refractivity contribution in [1.29, 1.82) is 0 Å². The molecule has 2 rings (SSSR count). The van der Waals surface area contributed by atoms with Crippen molar-refractivity contribution < 1.29 is 19.4 Å². The van der Waals surface area contributed by atoms with Gasteiger partial charge in [-0.15, -0.1) is 0 Å². The number of aromatic nitrogens is 2. The molecule has 0 amide bonds. The van der Waals surface area contributed by atoms with Crippen LogP contribution in [-0.2, 0) is 14.3 Å². The Morgan fingerprint density at radius 3 is 2.50 bits per heavy atom. The lowest BCUT2D eigenvalue weighted by Crippen LogP contribution is -2.33. The Bertz CT molecular complexity index is 622. The Hall–Kier alpha value is -1.93. The molecule has 8 nitrogen and oxygen atoms in total. The van der Waals surface area contributed by atoms with Crippen molar-refractivity contribution in [2.75, 3.05) is 6.61 Å². The Morgan fingerprint density at radius 1 is 1.38 bits per heavy atom. The molecule has 1 aromatic heterocycles. The maximum Gasteiger partial charge on any atom is 0.330 e. The molecule has 0 spiro atoms. The van der Waals surface area contributed by atoms with E-state index >= 15 is 0 Å². The average molecular weight is 344 g/mol. The molecule has 1 aromatic rings. The molecule has 0 aromatic carbocycles. The van der Waals surface area contributed by atoms with Crippen molar-refractivity contribution in [3.05, 3.63) is 32.6 Å². The minimum absolute atomic E-state index is 0.0793. The minimum atomic E-state index is -0.849. The normalized spacial score (nSPS) is 21.9. The van der Waals surface area contributed by atoms with E-state index in [-0.39, 0.29) is 13.0 Å². The smallest absolute Gasteiger partial charge is 0.330 e. The van der Waals surface area contributed by atoms with Gasteiger partial charge in [-0.25, -0.2) is 4.79 Å². The highest BCUT2D eigenvalue weighted by Gasteiger charge is 2.36. The molecule has 0 radical (unpaired) electrons. The van der Waals surface area contributed by atoms with Crippen molar-refractivity contribution >= 4 is 5.97 Å². The lowest BCUT2D eigenvalue weighted by atomic mass is 10.2. The summed E-state index contributed by atoms with van der Waals surface area (Å²) in [6.45, 7) is 10.7. The molecule has 0 bridgehead atoms. The molecule has 138 valence electrons. The second kappa shape index (κ2) is 10.8. The maximum absolute atomic E-state index is 11.7. The molecule has 2 heterocycles. The second-order valence-corrected chi connectivity index (χ2v) is 4.71. The standard InChI is InChI=1S/C12H16N2O6.2C2H6/c1-6-4-14(12(18)13-11(6)17)10-3-8(16)9(20-10)5-19-7(2)15;2*1-2/h4,8-10,16H,3,5H2,1-2H3,(H,13,17,18);2*1-2H3. The van der Waals surface area contributed by atoms with Gasteiger partial charge < -0.3 is 14.6 Å². The Balaban J connectivity index is 0.00000123. The summed E-state index contributed by atoms with van der Waals surface area (Å²) >= 11 is 0. The van der Waals surface area contributed by atoms with E-state index in [9.17, 15) is 19.5 Å². The van der Waals surface area contributed by atoms with Crippen LogP contribution >= 0.6 is 0 Å². The molecule has 2 N–H and O–H groups in total. The third-order valence-electron chi connectivity index (χ3n) is 3.11. The minimum Gasteiger partial charge on any atom is -0.463 e. The van der Waals surface area contributed by atoms with Gasteiger partial charge in [-0.05, 0) is 6.92 Å². The van der Waals surface area contributed by atoms with Crippen LogP contribution in [0, 0.1) is 6.92 Å². The van der Waals surface area contributed by atoms with Gasteiger partial charge in [-0.3, -0.25) is 19.1 Å². The number of hydrogen-bond donors (Lipinski definition) is 2. The first kappa shape index (κ1) is 22.1. The van der Waals surface area contributed by atoms with Crippen LogP contribution in [0.3, 0.4) is 0 Å². The lowest BCUT2D eigenvalue weighted by Gasteiger charge is -2.16. The van der Waals surface area contributed by atoms with Crippen LogP contribution in [0.1, 0.15) is 52.8 Å². The van der Waals surface area contributed by atoms with E-state index < -0.39 is 35.7 Å². The van der Waals surface area contributed by atoms with E-state index in [1.54, 1.807) is 6.92 Å². The third kappa shape index (κ3) is 5.93. The molecule has 24 heavy (non-hydrogen) atoms. The Labute approximate surface area is 141 Å². The molecule has 3 atom stereocenters. The molecule has 3 unspecified atom stereocenters. The molecule has 8 heteroatoms. The zero-order valence-electron chi connectivity index (χ0n) is 15.2. The van der Waals surface area contributed by atoms with E-state index in [1.165, 1.54) is 17.7 Å². The van der Waals surface area contributed by atoms with Gasteiger partial charge in [-0.2, -0.15) is 0 Å². The number of carbonyl (C=O) groups excluding carboxylic acids is 1. The number of rotatable bonds is 3. The van der Waals surface area contributed by atoms with Gasteiger partial charge in [0.25, 0.3) is 5.56 Å². The summed E-state index contributed by atoms with van der Waals surface area (Å²) in [6.07, 6.45) is -0.681. The zero-order chi connectivity index (χ0) is 18.9. The van der Waals surface area contributed by atoms with Crippen molar-refractivity contribution in [3.63, 3.8) is 0 Å². The van der Waals surface area contributed by atoms with Crippen molar-refractivity contribution in [1.82, 2.24) is 9.55 Å². The van der Waals surface area contributed by atoms with E-state index in [0.29, 0.717) is 5.56 Å². The van der Waals surface area contributed by atoms with Crippen LogP contribution in [0.5, 0.6) is 0 Å². The summed E-state index contributed by atoms with van der Waals surface area (Å²) in [5.41, 5.74) is -0.696. The number of aliphatic hydroxyl groups is 1. The van der Waals surface area contributed by atoms with Gasteiger partial charge in [0.05, 0.1) is 6.10 Å². The molecular weight excluding hydrogens is 316 g/mol. The van der Waals surface area contributed by atoms with Gasteiger partial charge in [0.2, 0.25) is 0 Å². The third-order valence-corrected chi connectivity index (χ3v) is 3.11. The summed E-state index contributed by atoms with van der Waals surface area (Å²) in [7, 11) is 0. The number of aryl methyl sites for hydroxylation is 1. The molecular formula is C16H28N2O6. The molecule has 1 aliphatic heterocycles. The first-order valence-corrected chi connectivity index (χ1v) is 8.17. The number of hydrogen-bond acceptors (Lipinski definition) is 6. The molecule has 0 saturated carbocycles. The predicted octanol–water partition coefficient (Wildman–Crippen LogP) is 1.11. The van der Waals surface area contributed by atoms with Crippen LogP contribution in [0.15, 0.2) is 15.8 Å². The topological polar surface area (TPSA) is 111 Å². The number of aliphatic hydroxyl groups excluding tert-OH is 1. The number of carbonyl (C=O) groups is 1. The average Bonchev–Trinajstić information content (AvgIpc) is 2.93. The van der Waals surface area contributed by atoms with Gasteiger partial charge in [-0.1, -0.05) is 27.7 Å². The number of aromatic amines is 1. The van der Waals surface area contributed by atoms with Crippen LogP contribution in [0.25, 0.3) is 0 Å². The fourth-order valence-electron chi connectivity index (χ4n) is 2.04. The summed E-state index contributed by atoms with van der Waals surface area (Å²) in [4.78, 5) is 35.9. The molecule has 0 aliphatic carbocycles. The van der Waals surface area contributed by atoms with Crippen LogP contribution in [-0.4, -0.2) is 39.4 Å². The van der Waals surface area contributed by atoms with Crippen LogP contribution in [0.2, 0.25) is 0 Å². The quantitative estimate of drug-likeness (QED) is 0.795. The van der Waals surface area contributed by atoms with E-state index in [0.717, 1.165) is 0 Å². The Kier molecular flexibility index (Phi) is 9.91. The highest BCUT2D eigenvalue weighted by molar-refractivity contribution is 5.65. The molecule has 1 aliphatic rings. The van der Waals surface area contributed by atoms with E-state index in [4.69, 9.17) is 9.47 Å². The van der Waals surface area contributed by atoms with Crippen molar-refractivity contribution in [2.45, 2.75) is 66.4 Å². The fraction of sp³-hybridized carbons (Fsp3) is 0.688. The van der Waals surface area contributed by atoms with Gasteiger partial charge in [0, 0.05) is 25.1 Å². The number of nitrogens with one attached hydrogen (secondary N) is 1. The SMILES string of the molecule is CC.CC.CC(=O)OCC1OC(n2cc(C)c(=O)[nH]c2=O)CC1O. The summed E-state index contributed by atoms with van der Waals surface area (Å²) in [6, 6.07) is 0. The monoisotopic (exact) mass is 344 g/mol. The van der Waals surface area contributed by atoms with Gasteiger partial charge in [0.15, 0.2) is 0 Å². The van der Waals surface area contributed by atoms with E-state index in [1.807, 2.05) is 27.7 Å². The largest absolute Gasteiger partial charge is 0.463 e. The summed E-state index contributed by atoms with van der Waals surface area (Å²) in [5.74, 6) is -0.471. The second-order valence-electron chi connectivity index (χ2n) is 4.71. The highest BCUT2D eigenvalue weighted by atomic mass is 16.6. The first-order chi connectivity index (χ1) is 11.4. The Morgan fingerprint density at radius 2 is 1.96 bits per heavy atom. The fourth-order valence-corrected chi connectivity index (χ4v) is 2.04. The van der Waals surface area contributed by atoms with Crippen LogP contribution < -0.4 is 11.2 Å². The molecule has 1 saturated heterocycles. The number of esters is 1. The zero-order valence-corrected chi connectivity index (χ0v) is 15.2. The van der Waals surface area contributed by atoms with Crippen molar-refractivity contribution in [3.8, 4) is 0 Å². The number of H-pyrrole nitrogens is 1. The number of ether oxygens (including phenoxy) is 2. The van der Waals surface area contributed by atoms with Crippen molar-refractivity contribution in [2.24, 2.45) is 0 Å². The van der Waals surface area contributed by atoms with Crippen LogP contribution in [0.4, 0.5) is 0 Å². The van der Waals surface area contributed by atoms with E-state index in [2.05, 4.69) is 4.98 Å².